The number of carbonyl (C=O) groups excluding carboxylic acids is 1. The number of imidazole rings is 1. The Kier molecular flexibility index (Phi) is 3.73. The van der Waals surface area contributed by atoms with E-state index in [4.69, 9.17) is 0 Å². The van der Waals surface area contributed by atoms with Crippen LogP contribution in [0.5, 0.6) is 0 Å². The minimum Gasteiger partial charge on any atom is -0.306 e. The highest BCUT2D eigenvalue weighted by Crippen LogP contribution is 2.26. The molecule has 5 nitrogen and oxygen atoms in total. The number of rotatable bonds is 3. The van der Waals surface area contributed by atoms with E-state index in [1.807, 2.05) is 0 Å². The first kappa shape index (κ1) is 15.4. The Labute approximate surface area is 144 Å². The van der Waals surface area contributed by atoms with Crippen LogP contribution in [0.2, 0.25) is 0 Å². The van der Waals surface area contributed by atoms with Crippen LogP contribution in [0, 0.1) is 11.6 Å². The quantitative estimate of drug-likeness (QED) is 0.604. The number of nitrogens with one attached hydrogen (secondary N) is 1. The molecule has 0 unspecified atom stereocenters. The number of nitrogens with zero attached hydrogens (tertiary/aromatic N) is 3. The number of carbonyl (C=O) groups is 1. The van der Waals surface area contributed by atoms with Crippen molar-refractivity contribution in [3.8, 4) is 11.3 Å². The van der Waals surface area contributed by atoms with E-state index in [0.29, 0.717) is 22.0 Å². The average Bonchev–Trinajstić information content (AvgIpc) is 3.25. The summed E-state index contributed by atoms with van der Waals surface area (Å²) >= 11 is 1.20. The van der Waals surface area contributed by atoms with Gasteiger partial charge in [-0.25, -0.2) is 18.7 Å². The molecular weight excluding hydrogens is 346 g/mol. The summed E-state index contributed by atoms with van der Waals surface area (Å²) in [6.45, 7) is 0. The molecule has 8 heteroatoms. The first-order valence-electron chi connectivity index (χ1n) is 7.25. The normalized spacial score (nSPS) is 11.0. The van der Waals surface area contributed by atoms with Crippen LogP contribution < -0.4 is 5.32 Å². The van der Waals surface area contributed by atoms with E-state index in [-0.39, 0.29) is 5.91 Å². The summed E-state index contributed by atoms with van der Waals surface area (Å²) in [5.74, 6) is -2.17. The van der Waals surface area contributed by atoms with Gasteiger partial charge in [-0.15, -0.1) is 11.3 Å². The van der Waals surface area contributed by atoms with Crippen molar-refractivity contribution in [1.82, 2.24) is 14.4 Å². The van der Waals surface area contributed by atoms with Gasteiger partial charge in [0.25, 0.3) is 5.91 Å². The van der Waals surface area contributed by atoms with Gasteiger partial charge >= 0.3 is 0 Å². The van der Waals surface area contributed by atoms with Crippen molar-refractivity contribution < 1.29 is 13.6 Å². The average molecular weight is 356 g/mol. The lowest BCUT2D eigenvalue weighted by atomic mass is 10.2. The molecule has 0 aliphatic carbocycles. The van der Waals surface area contributed by atoms with E-state index in [2.05, 4.69) is 15.3 Å². The fraction of sp³-hybridized carbons (Fsp3) is 0. The van der Waals surface area contributed by atoms with Crippen LogP contribution in [0.25, 0.3) is 16.9 Å². The number of hydrogen-bond acceptors (Lipinski definition) is 4. The predicted molar refractivity (Wildman–Crippen MR) is 90.6 cm³/mol. The first-order chi connectivity index (χ1) is 12.1. The lowest BCUT2D eigenvalue weighted by Gasteiger charge is -2.02. The number of fused-ring (bicyclic) bond motifs is 1. The summed E-state index contributed by atoms with van der Waals surface area (Å²) < 4.78 is 28.1. The van der Waals surface area contributed by atoms with E-state index in [1.54, 1.807) is 40.5 Å². The zero-order chi connectivity index (χ0) is 17.4. The number of halogens is 2. The van der Waals surface area contributed by atoms with E-state index >= 15 is 0 Å². The third-order valence-corrected chi connectivity index (χ3v) is 4.35. The summed E-state index contributed by atoms with van der Waals surface area (Å²) in [7, 11) is 0. The van der Waals surface area contributed by atoms with Crippen molar-refractivity contribution in [2.24, 2.45) is 0 Å². The van der Waals surface area contributed by atoms with E-state index < -0.39 is 11.6 Å². The Morgan fingerprint density at radius 2 is 2.04 bits per heavy atom. The molecule has 0 aliphatic rings. The van der Waals surface area contributed by atoms with Crippen LogP contribution in [0.4, 0.5) is 13.9 Å². The van der Waals surface area contributed by atoms with Crippen LogP contribution >= 0.6 is 11.3 Å². The maximum absolute atomic E-state index is 13.3. The number of pyridine rings is 1. The summed E-state index contributed by atoms with van der Waals surface area (Å²) in [4.78, 5) is 20.7. The molecule has 0 radical (unpaired) electrons. The topological polar surface area (TPSA) is 59.3 Å². The molecule has 4 aromatic rings. The molecule has 3 heterocycles. The molecule has 4 rings (SSSR count). The molecule has 0 aliphatic heterocycles. The standard InChI is InChI=1S/C17H10F2N4OS/c18-12-3-1-10(7-13(12)19)14-9-25-17(21-14)22-16(24)11-2-4-15-20-5-6-23(15)8-11/h1-9H,(H,21,22,24). The molecule has 25 heavy (non-hydrogen) atoms. The van der Waals surface area contributed by atoms with Gasteiger partial charge in [0, 0.05) is 29.5 Å². The molecule has 1 aromatic carbocycles. The molecule has 1 amide bonds. The molecular formula is C17H10F2N4OS. The number of anilines is 1. The van der Waals surface area contributed by atoms with Crippen LogP contribution in [0.15, 0.2) is 54.3 Å². The van der Waals surface area contributed by atoms with Crippen molar-refractivity contribution in [1.29, 1.82) is 0 Å². The highest BCUT2D eigenvalue weighted by Gasteiger charge is 2.12. The highest BCUT2D eigenvalue weighted by molar-refractivity contribution is 7.14. The van der Waals surface area contributed by atoms with Gasteiger partial charge in [-0.3, -0.25) is 10.1 Å². The Hall–Kier alpha value is -3.13. The molecule has 1 N–H and O–H groups in total. The van der Waals surface area contributed by atoms with Gasteiger partial charge in [0.05, 0.1) is 11.3 Å². The lowest BCUT2D eigenvalue weighted by molar-refractivity contribution is 0.102. The van der Waals surface area contributed by atoms with E-state index in [0.717, 1.165) is 17.8 Å². The Morgan fingerprint density at radius 1 is 1.16 bits per heavy atom. The van der Waals surface area contributed by atoms with Gasteiger partial charge in [-0.2, -0.15) is 0 Å². The molecule has 0 spiro atoms. The fourth-order valence-corrected chi connectivity index (χ4v) is 3.06. The van der Waals surface area contributed by atoms with Crippen molar-refractivity contribution in [3.63, 3.8) is 0 Å². The van der Waals surface area contributed by atoms with E-state index in [9.17, 15) is 13.6 Å². The van der Waals surface area contributed by atoms with Crippen molar-refractivity contribution in [2.75, 3.05) is 5.32 Å². The maximum atomic E-state index is 13.3. The zero-order valence-corrected chi connectivity index (χ0v) is 13.4. The summed E-state index contributed by atoms with van der Waals surface area (Å²) in [6.07, 6.45) is 5.06. The number of thiazole rings is 1. The highest BCUT2D eigenvalue weighted by atomic mass is 32.1. The fourth-order valence-electron chi connectivity index (χ4n) is 2.34. The van der Waals surface area contributed by atoms with Gasteiger partial charge < -0.3 is 4.40 Å². The summed E-state index contributed by atoms with van der Waals surface area (Å²) in [5.41, 5.74) is 2.10. The molecule has 0 bridgehead atoms. The first-order valence-corrected chi connectivity index (χ1v) is 8.13. The van der Waals surface area contributed by atoms with Crippen molar-refractivity contribution in [3.05, 3.63) is 71.5 Å². The smallest absolute Gasteiger partial charge is 0.258 e. The second kappa shape index (κ2) is 6.06. The van der Waals surface area contributed by atoms with Crippen LogP contribution in [0.1, 0.15) is 10.4 Å². The number of benzene rings is 1. The van der Waals surface area contributed by atoms with Gasteiger partial charge in [-0.05, 0) is 30.3 Å². The van der Waals surface area contributed by atoms with E-state index in [1.165, 1.54) is 17.4 Å². The van der Waals surface area contributed by atoms with Crippen LogP contribution in [-0.2, 0) is 0 Å². The number of amides is 1. The lowest BCUT2D eigenvalue weighted by Crippen LogP contribution is -2.12. The van der Waals surface area contributed by atoms with Crippen molar-refractivity contribution in [2.45, 2.75) is 0 Å². The Morgan fingerprint density at radius 3 is 2.88 bits per heavy atom. The Bertz CT molecular complexity index is 1090. The molecule has 0 saturated heterocycles. The third kappa shape index (κ3) is 2.99. The van der Waals surface area contributed by atoms with Crippen molar-refractivity contribution >= 4 is 28.0 Å². The number of hydrogen-bond donors (Lipinski definition) is 1. The largest absolute Gasteiger partial charge is 0.306 e. The zero-order valence-electron chi connectivity index (χ0n) is 12.6. The second-order valence-electron chi connectivity index (χ2n) is 5.23. The molecule has 0 atom stereocenters. The van der Waals surface area contributed by atoms with Gasteiger partial charge in [0.15, 0.2) is 16.8 Å². The van der Waals surface area contributed by atoms with Gasteiger partial charge in [0.2, 0.25) is 0 Å². The van der Waals surface area contributed by atoms with Gasteiger partial charge in [0.1, 0.15) is 5.65 Å². The van der Waals surface area contributed by atoms with Crippen LogP contribution in [0.3, 0.4) is 0 Å². The van der Waals surface area contributed by atoms with Crippen LogP contribution in [-0.4, -0.2) is 20.3 Å². The molecule has 124 valence electrons. The summed E-state index contributed by atoms with van der Waals surface area (Å²) in [6, 6.07) is 6.96. The molecule has 0 fully saturated rings. The minimum absolute atomic E-state index is 0.318. The third-order valence-electron chi connectivity index (χ3n) is 3.59. The Balaban J connectivity index is 1.55. The van der Waals surface area contributed by atoms with Gasteiger partial charge in [-0.1, -0.05) is 0 Å². The summed E-state index contributed by atoms with van der Waals surface area (Å²) in [5, 5.41) is 4.74. The maximum Gasteiger partial charge on any atom is 0.258 e. The number of aromatic nitrogens is 3. The SMILES string of the molecule is O=C(Nc1nc(-c2ccc(F)c(F)c2)cs1)c1ccc2nccn2c1. The second-order valence-corrected chi connectivity index (χ2v) is 6.09. The molecule has 0 saturated carbocycles. The molecule has 3 aromatic heterocycles. The predicted octanol–water partition coefficient (Wildman–Crippen LogP) is 3.99. The monoisotopic (exact) mass is 356 g/mol. The minimum atomic E-state index is -0.940.